The number of hydrogen-bond acceptors (Lipinski definition) is 4. The second-order valence-electron chi connectivity index (χ2n) is 5.80. The van der Waals surface area contributed by atoms with Crippen molar-refractivity contribution in [2.45, 2.75) is 39.3 Å². The molecule has 5 nitrogen and oxygen atoms in total. The van der Waals surface area contributed by atoms with Crippen LogP contribution in [-0.2, 0) is 4.74 Å². The van der Waals surface area contributed by atoms with E-state index < -0.39 is 5.60 Å². The lowest BCUT2D eigenvalue weighted by atomic mass is 10.2. The summed E-state index contributed by atoms with van der Waals surface area (Å²) in [7, 11) is 0. The minimum Gasteiger partial charge on any atom is -0.444 e. The molecule has 0 aromatic heterocycles. The number of ether oxygens (including phenoxy) is 1. The lowest BCUT2D eigenvalue weighted by Gasteiger charge is -2.39. The Hall–Kier alpha value is -1.54. The van der Waals surface area contributed by atoms with Crippen LogP contribution in [0.5, 0.6) is 0 Å². The molecule has 0 radical (unpaired) electrons. The molecule has 1 unspecified atom stereocenters. The zero-order valence-electron chi connectivity index (χ0n) is 12.2. The summed E-state index contributed by atoms with van der Waals surface area (Å²) in [6.07, 6.45) is 3.10. The topological polar surface area (TPSA) is 56.6 Å². The summed E-state index contributed by atoms with van der Waals surface area (Å²) < 4.78 is 5.37. The van der Waals surface area contributed by atoms with Crippen molar-refractivity contribution in [2.24, 2.45) is 0 Å². The summed E-state index contributed by atoms with van der Waals surface area (Å²) in [6, 6.07) is 2.25. The highest BCUT2D eigenvalue weighted by Gasteiger charge is 2.29. The zero-order valence-corrected chi connectivity index (χ0v) is 12.2. The molecule has 1 aliphatic heterocycles. The van der Waals surface area contributed by atoms with E-state index in [0.717, 1.165) is 13.1 Å². The van der Waals surface area contributed by atoms with Crippen LogP contribution in [-0.4, -0.2) is 53.7 Å². The van der Waals surface area contributed by atoms with Gasteiger partial charge in [-0.1, -0.05) is 6.08 Å². The molecule has 1 heterocycles. The first-order valence-electron chi connectivity index (χ1n) is 6.60. The quantitative estimate of drug-likeness (QED) is 0.717. The molecule has 1 rings (SSSR count). The third-order valence-electron chi connectivity index (χ3n) is 2.95. The standard InChI is InChI=1S/C14H23N3O2/c1-12-11-17(13(18)19-14(2,3)4)10-9-16(12)8-6-5-7-15/h5-6,12H,8-11H2,1-4H3. The molecule has 0 spiro atoms. The maximum Gasteiger partial charge on any atom is 0.410 e. The highest BCUT2D eigenvalue weighted by molar-refractivity contribution is 5.68. The van der Waals surface area contributed by atoms with Gasteiger partial charge in [-0.2, -0.15) is 5.26 Å². The molecule has 0 aromatic rings. The molecule has 1 atom stereocenters. The van der Waals surface area contributed by atoms with Gasteiger partial charge in [-0.15, -0.1) is 0 Å². The molecule has 1 amide bonds. The first kappa shape index (κ1) is 15.5. The summed E-state index contributed by atoms with van der Waals surface area (Å²) in [5.74, 6) is 0. The molecule has 0 aromatic carbocycles. The van der Waals surface area contributed by atoms with Crippen LogP contribution in [0.1, 0.15) is 27.7 Å². The fourth-order valence-corrected chi connectivity index (χ4v) is 2.00. The summed E-state index contributed by atoms with van der Waals surface area (Å²) in [4.78, 5) is 15.9. The fraction of sp³-hybridized carbons (Fsp3) is 0.714. The predicted molar refractivity (Wildman–Crippen MR) is 73.6 cm³/mol. The molecule has 19 heavy (non-hydrogen) atoms. The number of nitrogens with zero attached hydrogens (tertiary/aromatic N) is 3. The van der Waals surface area contributed by atoms with Gasteiger partial charge in [0.25, 0.3) is 0 Å². The Labute approximate surface area is 115 Å². The second kappa shape index (κ2) is 6.58. The largest absolute Gasteiger partial charge is 0.444 e. The van der Waals surface area contributed by atoms with Gasteiger partial charge < -0.3 is 9.64 Å². The Morgan fingerprint density at radius 1 is 1.47 bits per heavy atom. The second-order valence-corrected chi connectivity index (χ2v) is 5.80. The van der Waals surface area contributed by atoms with Crippen molar-refractivity contribution >= 4 is 6.09 Å². The number of rotatable bonds is 2. The maximum absolute atomic E-state index is 12.0. The Balaban J connectivity index is 2.47. The molecule has 106 valence electrons. The van der Waals surface area contributed by atoms with Gasteiger partial charge in [0.15, 0.2) is 0 Å². The Morgan fingerprint density at radius 2 is 2.16 bits per heavy atom. The highest BCUT2D eigenvalue weighted by atomic mass is 16.6. The number of allylic oxidation sites excluding steroid dienone is 1. The molecule has 5 heteroatoms. The number of hydrogen-bond donors (Lipinski definition) is 0. The monoisotopic (exact) mass is 265 g/mol. The van der Waals surface area contributed by atoms with E-state index in [0.29, 0.717) is 13.1 Å². The van der Waals surface area contributed by atoms with E-state index in [1.165, 1.54) is 6.08 Å². The van der Waals surface area contributed by atoms with Gasteiger partial charge in [0.05, 0.1) is 6.07 Å². The third kappa shape index (κ3) is 5.31. The number of carbonyl (C=O) groups excluding carboxylic acids is 1. The number of piperazine rings is 1. The lowest BCUT2D eigenvalue weighted by molar-refractivity contribution is 0.00743. The third-order valence-corrected chi connectivity index (χ3v) is 2.95. The average molecular weight is 265 g/mol. The molecule has 0 bridgehead atoms. The van der Waals surface area contributed by atoms with Crippen molar-refractivity contribution in [2.75, 3.05) is 26.2 Å². The van der Waals surface area contributed by atoms with E-state index in [1.54, 1.807) is 4.90 Å². The minimum atomic E-state index is -0.451. The molecule has 0 N–H and O–H groups in total. The summed E-state index contributed by atoms with van der Waals surface area (Å²) in [5, 5.41) is 8.46. The first-order valence-corrected chi connectivity index (χ1v) is 6.60. The summed E-state index contributed by atoms with van der Waals surface area (Å²) in [5.41, 5.74) is -0.451. The van der Waals surface area contributed by atoms with Crippen LogP contribution in [0, 0.1) is 11.3 Å². The van der Waals surface area contributed by atoms with Crippen LogP contribution in [0.3, 0.4) is 0 Å². The Kier molecular flexibility index (Phi) is 5.37. The molecule has 1 saturated heterocycles. The molecule has 1 aliphatic rings. The fourth-order valence-electron chi connectivity index (χ4n) is 2.00. The first-order chi connectivity index (χ1) is 8.83. The van der Waals surface area contributed by atoms with Gasteiger partial charge >= 0.3 is 6.09 Å². The number of nitriles is 1. The van der Waals surface area contributed by atoms with Gasteiger partial charge in [-0.3, -0.25) is 4.90 Å². The number of carbonyl (C=O) groups is 1. The van der Waals surface area contributed by atoms with Gasteiger partial charge in [-0.05, 0) is 27.7 Å². The van der Waals surface area contributed by atoms with Crippen molar-refractivity contribution < 1.29 is 9.53 Å². The van der Waals surface area contributed by atoms with Gasteiger partial charge in [0.2, 0.25) is 0 Å². The van der Waals surface area contributed by atoms with Gasteiger partial charge in [0, 0.05) is 38.3 Å². The molecular weight excluding hydrogens is 242 g/mol. The van der Waals surface area contributed by atoms with E-state index in [1.807, 2.05) is 32.9 Å². The van der Waals surface area contributed by atoms with Crippen LogP contribution < -0.4 is 0 Å². The normalized spacial score (nSPS) is 21.4. The van der Waals surface area contributed by atoms with Crippen LogP contribution in [0.4, 0.5) is 4.79 Å². The summed E-state index contributed by atoms with van der Waals surface area (Å²) in [6.45, 7) is 10.6. The summed E-state index contributed by atoms with van der Waals surface area (Å²) >= 11 is 0. The van der Waals surface area contributed by atoms with E-state index in [9.17, 15) is 4.79 Å². The predicted octanol–water partition coefficient (Wildman–Crippen LogP) is 2.01. The average Bonchev–Trinajstić information content (AvgIpc) is 2.29. The van der Waals surface area contributed by atoms with Crippen LogP contribution in [0.15, 0.2) is 12.2 Å². The van der Waals surface area contributed by atoms with Gasteiger partial charge in [0.1, 0.15) is 5.60 Å². The van der Waals surface area contributed by atoms with Crippen molar-refractivity contribution in [3.63, 3.8) is 0 Å². The van der Waals surface area contributed by atoms with E-state index in [2.05, 4.69) is 11.8 Å². The smallest absolute Gasteiger partial charge is 0.410 e. The van der Waals surface area contributed by atoms with Crippen LogP contribution in [0.25, 0.3) is 0 Å². The van der Waals surface area contributed by atoms with Crippen LogP contribution in [0.2, 0.25) is 0 Å². The Bertz CT molecular complexity index is 379. The highest BCUT2D eigenvalue weighted by Crippen LogP contribution is 2.14. The zero-order chi connectivity index (χ0) is 14.5. The molecule has 1 fully saturated rings. The molecule has 0 saturated carbocycles. The minimum absolute atomic E-state index is 0.244. The van der Waals surface area contributed by atoms with Crippen molar-refractivity contribution in [1.82, 2.24) is 9.80 Å². The maximum atomic E-state index is 12.0. The van der Waals surface area contributed by atoms with Crippen molar-refractivity contribution in [1.29, 1.82) is 5.26 Å². The molecule has 0 aliphatic carbocycles. The Morgan fingerprint density at radius 3 is 2.68 bits per heavy atom. The SMILES string of the molecule is CC1CN(C(=O)OC(C)(C)C)CCN1CC=CC#N. The van der Waals surface area contributed by atoms with Gasteiger partial charge in [-0.25, -0.2) is 4.79 Å². The van der Waals surface area contributed by atoms with Crippen LogP contribution >= 0.6 is 0 Å². The molecular formula is C14H23N3O2. The van der Waals surface area contributed by atoms with E-state index >= 15 is 0 Å². The van der Waals surface area contributed by atoms with E-state index in [4.69, 9.17) is 10.00 Å². The van der Waals surface area contributed by atoms with Crippen molar-refractivity contribution in [3.05, 3.63) is 12.2 Å². The van der Waals surface area contributed by atoms with E-state index in [-0.39, 0.29) is 12.1 Å². The lowest BCUT2D eigenvalue weighted by Crippen LogP contribution is -2.54. The van der Waals surface area contributed by atoms with Crippen molar-refractivity contribution in [3.8, 4) is 6.07 Å². The number of amides is 1.